The number of nitrogens with zero attached hydrogens (tertiary/aromatic N) is 1. The van der Waals surface area contributed by atoms with Gasteiger partial charge in [0, 0.05) is 5.97 Å². The van der Waals surface area contributed by atoms with Crippen molar-refractivity contribution >= 4 is 12.7 Å². The molecule has 4 heteroatoms. The van der Waals surface area contributed by atoms with Crippen molar-refractivity contribution in [1.82, 2.24) is 0 Å². The van der Waals surface area contributed by atoms with E-state index in [9.17, 15) is 4.79 Å². The Hall–Kier alpha value is -1.76. The largest absolute Gasteiger partial charge is 0.469 e. The van der Waals surface area contributed by atoms with Crippen LogP contribution in [0, 0.1) is 11.2 Å². The SMILES string of the molecule is COC(=O)Cc1ccc(C2CCB(C#N)CC2)cc1. The van der Waals surface area contributed by atoms with Crippen LogP contribution in [0.3, 0.4) is 0 Å². The Kier molecular flexibility index (Phi) is 4.62. The van der Waals surface area contributed by atoms with E-state index in [1.165, 1.54) is 12.7 Å². The molecule has 19 heavy (non-hydrogen) atoms. The summed E-state index contributed by atoms with van der Waals surface area (Å²) >= 11 is 0. The molecule has 0 aromatic heterocycles. The molecule has 2 rings (SSSR count). The second-order valence-corrected chi connectivity index (χ2v) is 5.17. The zero-order valence-electron chi connectivity index (χ0n) is 11.3. The molecule has 0 unspecified atom stereocenters. The van der Waals surface area contributed by atoms with E-state index in [-0.39, 0.29) is 12.7 Å². The second kappa shape index (κ2) is 6.42. The van der Waals surface area contributed by atoms with E-state index in [0.29, 0.717) is 12.3 Å². The first-order valence-corrected chi connectivity index (χ1v) is 6.78. The molecular weight excluding hydrogens is 237 g/mol. The molecule has 0 bridgehead atoms. The fourth-order valence-electron chi connectivity index (χ4n) is 2.70. The summed E-state index contributed by atoms with van der Waals surface area (Å²) in [5.41, 5.74) is 2.31. The molecule has 0 amide bonds. The summed E-state index contributed by atoms with van der Waals surface area (Å²) < 4.78 is 4.66. The summed E-state index contributed by atoms with van der Waals surface area (Å²) in [7, 11) is 1.41. The molecule has 0 radical (unpaired) electrons. The molecule has 0 atom stereocenters. The van der Waals surface area contributed by atoms with Crippen LogP contribution < -0.4 is 0 Å². The number of methoxy groups -OCH3 is 1. The number of benzene rings is 1. The Balaban J connectivity index is 1.95. The van der Waals surface area contributed by atoms with Crippen molar-refractivity contribution in [1.29, 1.82) is 5.26 Å². The summed E-state index contributed by atoms with van der Waals surface area (Å²) in [6.07, 6.45) is 4.53. The normalized spacial score (nSPS) is 15.9. The van der Waals surface area contributed by atoms with Crippen molar-refractivity contribution in [2.45, 2.75) is 37.8 Å². The summed E-state index contributed by atoms with van der Waals surface area (Å²) in [5, 5.41) is 8.90. The summed E-state index contributed by atoms with van der Waals surface area (Å²) in [6, 6.07) is 8.22. The zero-order chi connectivity index (χ0) is 13.7. The van der Waals surface area contributed by atoms with Crippen LogP contribution in [0.4, 0.5) is 0 Å². The highest BCUT2D eigenvalue weighted by molar-refractivity contribution is 6.67. The average molecular weight is 255 g/mol. The zero-order valence-corrected chi connectivity index (χ0v) is 11.3. The molecule has 0 spiro atoms. The molecule has 1 aromatic carbocycles. The lowest BCUT2D eigenvalue weighted by Crippen LogP contribution is -2.18. The van der Waals surface area contributed by atoms with Crippen LogP contribution in [-0.2, 0) is 16.0 Å². The van der Waals surface area contributed by atoms with Crippen LogP contribution in [-0.4, -0.2) is 19.8 Å². The third kappa shape index (κ3) is 3.60. The lowest BCUT2D eigenvalue weighted by atomic mass is 9.41. The van der Waals surface area contributed by atoms with Gasteiger partial charge in [0.15, 0.2) is 0 Å². The summed E-state index contributed by atoms with van der Waals surface area (Å²) in [4.78, 5) is 11.2. The third-order valence-corrected chi connectivity index (χ3v) is 3.94. The first kappa shape index (κ1) is 13.7. The van der Waals surface area contributed by atoms with Gasteiger partial charge in [-0.25, -0.2) is 5.26 Å². The van der Waals surface area contributed by atoms with Crippen molar-refractivity contribution in [3.63, 3.8) is 0 Å². The lowest BCUT2D eigenvalue weighted by molar-refractivity contribution is -0.139. The lowest BCUT2D eigenvalue weighted by Gasteiger charge is -2.23. The number of carbonyl (C=O) groups excluding carboxylic acids is 1. The predicted octanol–water partition coefficient (Wildman–Crippen LogP) is 2.84. The molecule has 1 aliphatic heterocycles. The van der Waals surface area contributed by atoms with Crippen LogP contribution in [0.25, 0.3) is 0 Å². The number of ether oxygens (including phenoxy) is 1. The molecular formula is C15H18BNO2. The number of rotatable bonds is 3. The van der Waals surface area contributed by atoms with E-state index < -0.39 is 0 Å². The van der Waals surface area contributed by atoms with Crippen LogP contribution >= 0.6 is 0 Å². The third-order valence-electron chi connectivity index (χ3n) is 3.94. The molecule has 1 aliphatic rings. The van der Waals surface area contributed by atoms with E-state index in [2.05, 4.69) is 22.8 Å². The molecule has 1 fully saturated rings. The molecule has 0 saturated carbocycles. The topological polar surface area (TPSA) is 50.1 Å². The maximum atomic E-state index is 11.2. The fraction of sp³-hybridized carbons (Fsp3) is 0.467. The van der Waals surface area contributed by atoms with Crippen LogP contribution in [0.15, 0.2) is 24.3 Å². The molecule has 98 valence electrons. The first-order valence-electron chi connectivity index (χ1n) is 6.78. The van der Waals surface area contributed by atoms with Gasteiger partial charge < -0.3 is 4.74 Å². The Morgan fingerprint density at radius 2 is 2.00 bits per heavy atom. The Labute approximate surface area is 114 Å². The van der Waals surface area contributed by atoms with Crippen molar-refractivity contribution in [3.05, 3.63) is 35.4 Å². The molecule has 0 N–H and O–H groups in total. The van der Waals surface area contributed by atoms with E-state index in [1.54, 1.807) is 0 Å². The van der Waals surface area contributed by atoms with E-state index in [1.807, 2.05) is 12.1 Å². The van der Waals surface area contributed by atoms with E-state index >= 15 is 0 Å². The number of hydrogen-bond acceptors (Lipinski definition) is 3. The van der Waals surface area contributed by atoms with Gasteiger partial charge in [0.25, 0.3) is 6.71 Å². The second-order valence-electron chi connectivity index (χ2n) is 5.17. The molecule has 1 saturated heterocycles. The number of hydrogen-bond donors (Lipinski definition) is 0. The van der Waals surface area contributed by atoms with Gasteiger partial charge in [-0.1, -0.05) is 49.7 Å². The highest BCUT2D eigenvalue weighted by atomic mass is 16.5. The summed E-state index contributed by atoms with van der Waals surface area (Å²) in [6.45, 7) is 0.245. The van der Waals surface area contributed by atoms with E-state index in [4.69, 9.17) is 5.26 Å². The van der Waals surface area contributed by atoms with Gasteiger partial charge in [-0.15, -0.1) is 0 Å². The monoisotopic (exact) mass is 255 g/mol. The van der Waals surface area contributed by atoms with Gasteiger partial charge in [-0.3, -0.25) is 4.79 Å². The quantitative estimate of drug-likeness (QED) is 0.616. The average Bonchev–Trinajstić information content (AvgIpc) is 2.48. The van der Waals surface area contributed by atoms with Crippen LogP contribution in [0.1, 0.15) is 29.9 Å². The van der Waals surface area contributed by atoms with Gasteiger partial charge in [0.05, 0.1) is 13.5 Å². The van der Waals surface area contributed by atoms with Crippen LogP contribution in [0.5, 0.6) is 0 Å². The minimum atomic E-state index is -0.206. The van der Waals surface area contributed by atoms with Gasteiger partial charge in [0.2, 0.25) is 0 Å². The molecule has 1 aromatic rings. The molecule has 3 nitrogen and oxygen atoms in total. The highest BCUT2D eigenvalue weighted by Crippen LogP contribution is 2.33. The highest BCUT2D eigenvalue weighted by Gasteiger charge is 2.24. The Morgan fingerprint density at radius 1 is 1.37 bits per heavy atom. The number of carbonyl (C=O) groups is 1. The maximum Gasteiger partial charge on any atom is 0.309 e. The van der Waals surface area contributed by atoms with Crippen LogP contribution in [0.2, 0.25) is 12.6 Å². The van der Waals surface area contributed by atoms with Gasteiger partial charge in [-0.05, 0) is 17.0 Å². The summed E-state index contributed by atoms with van der Waals surface area (Å²) in [5.74, 6) is 2.72. The van der Waals surface area contributed by atoms with Gasteiger partial charge >= 0.3 is 5.97 Å². The Bertz CT molecular complexity index is 470. The predicted molar refractivity (Wildman–Crippen MR) is 75.1 cm³/mol. The standard InChI is InChI=1S/C15H18BNO2/c1-19-15(18)10-12-2-4-13(5-3-12)14-6-8-16(11-17)9-7-14/h2-5,14H,6-10H2,1H3. The maximum absolute atomic E-state index is 11.2. The first-order chi connectivity index (χ1) is 9.22. The number of esters is 1. The van der Waals surface area contributed by atoms with Crippen molar-refractivity contribution in [3.8, 4) is 5.97 Å². The minimum Gasteiger partial charge on any atom is -0.469 e. The molecule has 1 heterocycles. The number of nitriles is 1. The van der Waals surface area contributed by atoms with Gasteiger partial charge in [-0.2, -0.15) is 0 Å². The Morgan fingerprint density at radius 3 is 2.53 bits per heavy atom. The van der Waals surface area contributed by atoms with Crippen molar-refractivity contribution in [2.24, 2.45) is 0 Å². The van der Waals surface area contributed by atoms with E-state index in [0.717, 1.165) is 31.0 Å². The van der Waals surface area contributed by atoms with Gasteiger partial charge in [0.1, 0.15) is 0 Å². The molecule has 0 aliphatic carbocycles. The van der Waals surface area contributed by atoms with Crippen molar-refractivity contribution < 1.29 is 9.53 Å². The van der Waals surface area contributed by atoms with Crippen molar-refractivity contribution in [2.75, 3.05) is 7.11 Å². The minimum absolute atomic E-state index is 0.206. The fourth-order valence-corrected chi connectivity index (χ4v) is 2.70. The smallest absolute Gasteiger partial charge is 0.309 e.